The van der Waals surface area contributed by atoms with Gasteiger partial charge in [-0.2, -0.15) is 15.8 Å². The van der Waals surface area contributed by atoms with Gasteiger partial charge in [-0.15, -0.1) is 0 Å². The van der Waals surface area contributed by atoms with Crippen molar-refractivity contribution in [1.29, 1.82) is 15.8 Å². The standard InChI is InChI=1S/C67H45N5/c1-41-5-13-47(14-6-41)51-21-25-57-58-26-22-52(48-15-7-42(2)8-16-48)33-63(58)71(62(57)32-51)66-36-56(55-30-45(38-68)29-46(31-55)39-69)37-67(61(66)40-70)72-64-34-53(49-17-9-43(3)10-18-49)23-27-59(64)60-28-24-54(35-65(60)72)50-19-11-44(4)12-20-50/h5-37H,1-4H3. The Balaban J connectivity index is 1.24. The molecule has 0 aliphatic carbocycles. The molecule has 2 aromatic heterocycles. The van der Waals surface area contributed by atoms with Gasteiger partial charge in [-0.05, 0) is 138 Å². The van der Waals surface area contributed by atoms with Crippen LogP contribution in [-0.4, -0.2) is 9.13 Å². The van der Waals surface area contributed by atoms with Crippen molar-refractivity contribution < 1.29 is 0 Å². The summed E-state index contributed by atoms with van der Waals surface area (Å²) in [6, 6.07) is 77.7. The number of aromatic nitrogens is 2. The number of rotatable bonds is 7. The average molecular weight is 920 g/mol. The van der Waals surface area contributed by atoms with Crippen molar-refractivity contribution in [3.05, 3.63) is 239 Å². The Kier molecular flexibility index (Phi) is 10.5. The van der Waals surface area contributed by atoms with Crippen LogP contribution in [-0.2, 0) is 0 Å². The molecule has 0 unspecified atom stereocenters. The highest BCUT2D eigenvalue weighted by Gasteiger charge is 2.24. The molecule has 10 aromatic carbocycles. The average Bonchev–Trinajstić information content (AvgIpc) is 3.92. The summed E-state index contributed by atoms with van der Waals surface area (Å²) in [4.78, 5) is 0. The van der Waals surface area contributed by atoms with E-state index < -0.39 is 0 Å². The molecule has 0 N–H and O–H groups in total. The van der Waals surface area contributed by atoms with Crippen molar-refractivity contribution in [1.82, 2.24) is 9.13 Å². The smallest absolute Gasteiger partial charge is 0.104 e. The minimum atomic E-state index is 0.376. The van der Waals surface area contributed by atoms with Crippen LogP contribution in [0.4, 0.5) is 0 Å². The van der Waals surface area contributed by atoms with Gasteiger partial charge in [0, 0.05) is 21.5 Å². The van der Waals surface area contributed by atoms with E-state index in [0.29, 0.717) is 33.6 Å². The topological polar surface area (TPSA) is 81.2 Å². The minimum Gasteiger partial charge on any atom is -0.308 e. The predicted octanol–water partition coefficient (Wildman–Crippen LogP) is 17.1. The third-order valence-electron chi connectivity index (χ3n) is 14.3. The highest BCUT2D eigenvalue weighted by atomic mass is 15.0. The molecule has 0 saturated carbocycles. The van der Waals surface area contributed by atoms with Crippen LogP contribution in [0.3, 0.4) is 0 Å². The summed E-state index contributed by atoms with van der Waals surface area (Å²) in [5.74, 6) is 0. The van der Waals surface area contributed by atoms with E-state index in [1.54, 1.807) is 6.07 Å². The van der Waals surface area contributed by atoms with Crippen molar-refractivity contribution >= 4 is 43.6 Å². The van der Waals surface area contributed by atoms with E-state index in [4.69, 9.17) is 0 Å². The zero-order valence-electron chi connectivity index (χ0n) is 40.3. The maximum absolute atomic E-state index is 12.0. The Labute approximate surface area is 418 Å². The molecule has 0 aliphatic heterocycles. The number of nitriles is 3. The molecule has 5 nitrogen and oxygen atoms in total. The van der Waals surface area contributed by atoms with Gasteiger partial charge < -0.3 is 9.13 Å². The van der Waals surface area contributed by atoms with Crippen LogP contribution in [0.1, 0.15) is 38.9 Å². The van der Waals surface area contributed by atoms with Gasteiger partial charge in [0.25, 0.3) is 0 Å². The van der Waals surface area contributed by atoms with Crippen LogP contribution in [0.25, 0.3) is 111 Å². The van der Waals surface area contributed by atoms with Crippen molar-refractivity contribution in [2.24, 2.45) is 0 Å². The maximum atomic E-state index is 12.0. The first kappa shape index (κ1) is 43.5. The van der Waals surface area contributed by atoms with E-state index in [0.717, 1.165) is 93.7 Å². The van der Waals surface area contributed by atoms with Crippen molar-refractivity contribution in [3.63, 3.8) is 0 Å². The lowest BCUT2D eigenvalue weighted by atomic mass is 9.96. The molecular weight excluding hydrogens is 875 g/mol. The molecule has 2 heterocycles. The van der Waals surface area contributed by atoms with Crippen molar-refractivity contribution in [2.75, 3.05) is 0 Å². The zero-order valence-corrected chi connectivity index (χ0v) is 40.3. The van der Waals surface area contributed by atoms with Gasteiger partial charge in [0.15, 0.2) is 0 Å². The zero-order chi connectivity index (χ0) is 49.2. The minimum absolute atomic E-state index is 0.376. The molecule has 0 amide bonds. The molecule has 12 rings (SSSR count). The first-order chi connectivity index (χ1) is 35.1. The molecule has 72 heavy (non-hydrogen) atoms. The predicted molar refractivity (Wildman–Crippen MR) is 295 cm³/mol. The Bertz CT molecular complexity index is 3830. The van der Waals surface area contributed by atoms with Gasteiger partial charge in [-0.1, -0.05) is 168 Å². The molecule has 0 radical (unpaired) electrons. The number of hydrogen-bond donors (Lipinski definition) is 0. The molecule has 338 valence electrons. The highest BCUT2D eigenvalue weighted by molar-refractivity contribution is 6.13. The summed E-state index contributed by atoms with van der Waals surface area (Å²) < 4.78 is 4.52. The third-order valence-corrected chi connectivity index (χ3v) is 14.3. The molecule has 0 saturated heterocycles. The van der Waals surface area contributed by atoms with E-state index >= 15 is 0 Å². The number of aryl methyl sites for hydroxylation is 4. The van der Waals surface area contributed by atoms with Crippen LogP contribution in [0.5, 0.6) is 0 Å². The van der Waals surface area contributed by atoms with Crippen LogP contribution >= 0.6 is 0 Å². The van der Waals surface area contributed by atoms with E-state index in [2.05, 4.69) is 237 Å². The van der Waals surface area contributed by atoms with Gasteiger partial charge in [-0.25, -0.2) is 0 Å². The molecule has 0 bridgehead atoms. The Morgan fingerprint density at radius 3 is 0.792 bits per heavy atom. The van der Waals surface area contributed by atoms with Gasteiger partial charge >= 0.3 is 0 Å². The lowest BCUT2D eigenvalue weighted by Crippen LogP contribution is -2.05. The summed E-state index contributed by atoms with van der Waals surface area (Å²) in [5.41, 5.74) is 21.1. The maximum Gasteiger partial charge on any atom is 0.104 e. The second kappa shape index (κ2) is 17.3. The summed E-state index contributed by atoms with van der Waals surface area (Å²) in [6.07, 6.45) is 0. The largest absolute Gasteiger partial charge is 0.308 e. The SMILES string of the molecule is Cc1ccc(-c2ccc3c4ccc(-c5ccc(C)cc5)cc4n(-c4cc(-c5cc(C#N)cc(C#N)c5)cc(-n5c6cc(-c7ccc(C)cc7)ccc6c6ccc(-c7ccc(C)cc7)cc65)c4C#N)c3c2)cc1. The normalized spacial score (nSPS) is 11.3. The lowest BCUT2D eigenvalue weighted by Gasteiger charge is -2.19. The Morgan fingerprint density at radius 1 is 0.264 bits per heavy atom. The molecule has 0 spiro atoms. The van der Waals surface area contributed by atoms with Gasteiger partial charge in [0.2, 0.25) is 0 Å². The van der Waals surface area contributed by atoms with Crippen molar-refractivity contribution in [3.8, 4) is 85.2 Å². The summed E-state index contributed by atoms with van der Waals surface area (Å²) in [6.45, 7) is 8.39. The van der Waals surface area contributed by atoms with Crippen LogP contribution in [0, 0.1) is 61.7 Å². The Hall–Kier alpha value is -9.73. The number of hydrogen-bond acceptors (Lipinski definition) is 3. The first-order valence-corrected chi connectivity index (χ1v) is 24.1. The fourth-order valence-corrected chi connectivity index (χ4v) is 10.4. The quantitative estimate of drug-likeness (QED) is 0.160. The summed E-state index contributed by atoms with van der Waals surface area (Å²) >= 11 is 0. The van der Waals surface area contributed by atoms with Gasteiger partial charge in [0.05, 0.1) is 56.7 Å². The third kappa shape index (κ3) is 7.48. The molecular formula is C67H45N5. The summed E-state index contributed by atoms with van der Waals surface area (Å²) in [5, 5.41) is 36.8. The van der Waals surface area contributed by atoms with E-state index in [-0.39, 0.29) is 0 Å². The first-order valence-electron chi connectivity index (χ1n) is 24.1. The second-order valence-electron chi connectivity index (χ2n) is 19.1. The van der Waals surface area contributed by atoms with E-state index in [1.807, 2.05) is 12.1 Å². The molecule has 0 aliphatic rings. The van der Waals surface area contributed by atoms with E-state index in [1.165, 1.54) is 22.3 Å². The highest BCUT2D eigenvalue weighted by Crippen LogP contribution is 2.44. The number of benzene rings is 10. The fraction of sp³-hybridized carbons (Fsp3) is 0.0597. The number of nitrogens with zero attached hydrogens (tertiary/aromatic N) is 5. The van der Waals surface area contributed by atoms with Crippen LogP contribution < -0.4 is 0 Å². The van der Waals surface area contributed by atoms with Gasteiger partial charge in [-0.3, -0.25) is 0 Å². The Morgan fingerprint density at radius 2 is 0.528 bits per heavy atom. The fourth-order valence-electron chi connectivity index (χ4n) is 10.4. The molecule has 5 heteroatoms. The van der Waals surface area contributed by atoms with Crippen LogP contribution in [0.15, 0.2) is 200 Å². The van der Waals surface area contributed by atoms with Gasteiger partial charge in [0.1, 0.15) is 11.6 Å². The summed E-state index contributed by atoms with van der Waals surface area (Å²) in [7, 11) is 0. The molecule has 0 atom stereocenters. The molecule has 12 aromatic rings. The second-order valence-corrected chi connectivity index (χ2v) is 19.1. The van der Waals surface area contributed by atoms with E-state index in [9.17, 15) is 15.8 Å². The lowest BCUT2D eigenvalue weighted by molar-refractivity contribution is 1.12. The molecule has 0 fully saturated rings. The monoisotopic (exact) mass is 919 g/mol. The van der Waals surface area contributed by atoms with Crippen LogP contribution in [0.2, 0.25) is 0 Å². The number of fused-ring (bicyclic) bond motifs is 6. The van der Waals surface area contributed by atoms with Crippen molar-refractivity contribution in [2.45, 2.75) is 27.7 Å².